The average Bonchev–Trinajstić information content (AvgIpc) is 2.95. The zero-order valence-electron chi connectivity index (χ0n) is 18.8. The number of nitrogens with zero attached hydrogens (tertiary/aromatic N) is 4. The zero-order chi connectivity index (χ0) is 20.9. The molecular weight excluding hydrogens is 491 g/mol. The predicted octanol–water partition coefficient (Wildman–Crippen LogP) is 3.39. The molecule has 1 aliphatic heterocycles. The fourth-order valence-electron chi connectivity index (χ4n) is 3.51. The van der Waals surface area contributed by atoms with Crippen molar-refractivity contribution in [3.63, 3.8) is 0 Å². The molecule has 0 saturated carbocycles. The molecule has 1 aromatic rings. The molecule has 2 heterocycles. The third kappa shape index (κ3) is 9.06. The van der Waals surface area contributed by atoms with Crippen molar-refractivity contribution < 1.29 is 4.79 Å². The monoisotopic (exact) mass is 530 g/mol. The van der Waals surface area contributed by atoms with E-state index in [1.54, 1.807) is 0 Å². The number of carbonyl (C=O) groups excluding carboxylic acids is 1. The molecule has 0 spiro atoms. The Labute approximate surface area is 199 Å². The summed E-state index contributed by atoms with van der Waals surface area (Å²) in [5.41, 5.74) is 1.09. The first-order valence-corrected chi connectivity index (χ1v) is 11.2. The average molecular weight is 530 g/mol. The highest BCUT2D eigenvalue weighted by atomic mass is 127. The number of aromatic nitrogens is 1. The van der Waals surface area contributed by atoms with E-state index in [2.05, 4.69) is 58.4 Å². The summed E-state index contributed by atoms with van der Waals surface area (Å²) in [7, 11) is 0. The van der Waals surface area contributed by atoms with Crippen LogP contribution in [0.2, 0.25) is 0 Å². The molecule has 0 unspecified atom stereocenters. The lowest BCUT2D eigenvalue weighted by molar-refractivity contribution is -0.130. The number of anilines is 1. The molecule has 1 aromatic heterocycles. The molecule has 1 amide bonds. The molecule has 7 nitrogen and oxygen atoms in total. The minimum atomic E-state index is 0. The molecule has 1 fully saturated rings. The minimum absolute atomic E-state index is 0. The normalized spacial score (nSPS) is 14.7. The Kier molecular flexibility index (Phi) is 13.5. The van der Waals surface area contributed by atoms with Gasteiger partial charge in [-0.1, -0.05) is 12.5 Å². The van der Waals surface area contributed by atoms with Crippen LogP contribution in [0, 0.1) is 0 Å². The quantitative estimate of drug-likeness (QED) is 0.210. The highest BCUT2D eigenvalue weighted by Crippen LogP contribution is 2.12. The van der Waals surface area contributed by atoms with Crippen molar-refractivity contribution >= 4 is 41.7 Å². The van der Waals surface area contributed by atoms with Gasteiger partial charge in [-0.25, -0.2) is 9.98 Å². The van der Waals surface area contributed by atoms with Crippen molar-refractivity contribution in [3.05, 3.63) is 23.9 Å². The van der Waals surface area contributed by atoms with Gasteiger partial charge in [-0.2, -0.15) is 0 Å². The topological polar surface area (TPSA) is 72.9 Å². The van der Waals surface area contributed by atoms with Crippen LogP contribution in [-0.2, 0) is 11.3 Å². The van der Waals surface area contributed by atoms with Crippen molar-refractivity contribution in [1.29, 1.82) is 0 Å². The third-order valence-corrected chi connectivity index (χ3v) is 5.23. The second kappa shape index (κ2) is 15.3. The molecule has 1 aliphatic rings. The van der Waals surface area contributed by atoms with Crippen LogP contribution < -0.4 is 15.5 Å². The van der Waals surface area contributed by atoms with E-state index < -0.39 is 0 Å². The number of likely N-dealkylation sites (tertiary alicyclic amines) is 1. The number of guanidine groups is 1. The second-order valence-electron chi connectivity index (χ2n) is 7.36. The zero-order valence-corrected chi connectivity index (χ0v) is 21.2. The highest BCUT2D eigenvalue weighted by molar-refractivity contribution is 14.0. The van der Waals surface area contributed by atoms with E-state index in [4.69, 9.17) is 0 Å². The Balaban J connectivity index is 0.00000450. The van der Waals surface area contributed by atoms with E-state index in [1.807, 2.05) is 11.1 Å². The molecule has 8 heteroatoms. The van der Waals surface area contributed by atoms with E-state index in [9.17, 15) is 4.79 Å². The first-order valence-electron chi connectivity index (χ1n) is 11.2. The molecule has 0 atom stereocenters. The van der Waals surface area contributed by atoms with Gasteiger partial charge in [-0.15, -0.1) is 24.0 Å². The number of halogens is 1. The number of pyridine rings is 1. The Morgan fingerprint density at radius 3 is 2.63 bits per heavy atom. The van der Waals surface area contributed by atoms with Crippen LogP contribution in [0.1, 0.15) is 58.4 Å². The molecule has 0 radical (unpaired) electrons. The summed E-state index contributed by atoms with van der Waals surface area (Å²) < 4.78 is 0. The second-order valence-corrected chi connectivity index (χ2v) is 7.36. The summed E-state index contributed by atoms with van der Waals surface area (Å²) in [6.45, 7) is 12.2. The largest absolute Gasteiger partial charge is 0.357 e. The smallest absolute Gasteiger partial charge is 0.222 e. The van der Waals surface area contributed by atoms with Gasteiger partial charge < -0.3 is 20.4 Å². The number of nitrogens with one attached hydrogen (secondary N) is 2. The Hall–Kier alpha value is -1.58. The fourth-order valence-corrected chi connectivity index (χ4v) is 3.51. The standard InChI is InChI=1S/C22H38N6O.HI/c1-4-23-22(24-14-10-16-28-15-9-7-8-11-21(28)29)26-18-19-12-13-20(25-17-19)27(5-2)6-3;/h12-13,17H,4-11,14-16,18H2,1-3H3,(H2,23,24,26);1H. The number of amides is 1. The molecular formula is C22H39IN6O. The lowest BCUT2D eigenvalue weighted by Gasteiger charge is -2.21. The van der Waals surface area contributed by atoms with Crippen LogP contribution >= 0.6 is 24.0 Å². The van der Waals surface area contributed by atoms with Gasteiger partial charge in [0.25, 0.3) is 0 Å². The molecule has 170 valence electrons. The summed E-state index contributed by atoms with van der Waals surface area (Å²) in [5, 5.41) is 6.67. The van der Waals surface area contributed by atoms with E-state index in [-0.39, 0.29) is 24.0 Å². The third-order valence-electron chi connectivity index (χ3n) is 5.23. The van der Waals surface area contributed by atoms with E-state index in [0.29, 0.717) is 18.9 Å². The van der Waals surface area contributed by atoms with Gasteiger partial charge in [-0.05, 0) is 51.7 Å². The van der Waals surface area contributed by atoms with Crippen LogP contribution in [0.4, 0.5) is 5.82 Å². The fraction of sp³-hybridized carbons (Fsp3) is 0.682. The number of rotatable bonds is 10. The summed E-state index contributed by atoms with van der Waals surface area (Å²) in [6, 6.07) is 4.16. The predicted molar refractivity (Wildman–Crippen MR) is 136 cm³/mol. The van der Waals surface area contributed by atoms with Crippen molar-refractivity contribution in [2.24, 2.45) is 4.99 Å². The summed E-state index contributed by atoms with van der Waals surface area (Å²) in [6.07, 6.45) is 6.88. The van der Waals surface area contributed by atoms with Crippen LogP contribution in [0.15, 0.2) is 23.3 Å². The maximum atomic E-state index is 12.1. The molecule has 1 saturated heterocycles. The van der Waals surface area contributed by atoms with Gasteiger partial charge in [0.05, 0.1) is 6.54 Å². The molecule has 0 aromatic carbocycles. The number of carbonyl (C=O) groups is 1. The summed E-state index contributed by atoms with van der Waals surface area (Å²) in [4.78, 5) is 25.6. The van der Waals surface area contributed by atoms with Crippen LogP contribution in [-0.4, -0.2) is 61.0 Å². The Morgan fingerprint density at radius 1 is 1.17 bits per heavy atom. The summed E-state index contributed by atoms with van der Waals surface area (Å²) in [5.74, 6) is 2.13. The van der Waals surface area contributed by atoms with Gasteiger partial charge in [0, 0.05) is 51.9 Å². The van der Waals surface area contributed by atoms with Crippen molar-refractivity contribution in [1.82, 2.24) is 20.5 Å². The van der Waals surface area contributed by atoms with Crippen molar-refractivity contribution in [2.45, 2.75) is 59.4 Å². The van der Waals surface area contributed by atoms with Crippen LogP contribution in [0.5, 0.6) is 0 Å². The Bertz CT molecular complexity index is 633. The first kappa shape index (κ1) is 26.5. The molecule has 2 N–H and O–H groups in total. The molecule has 0 bridgehead atoms. The minimum Gasteiger partial charge on any atom is -0.357 e. The lowest BCUT2D eigenvalue weighted by Crippen LogP contribution is -2.39. The highest BCUT2D eigenvalue weighted by Gasteiger charge is 2.15. The summed E-state index contributed by atoms with van der Waals surface area (Å²) >= 11 is 0. The van der Waals surface area contributed by atoms with E-state index in [1.165, 1.54) is 6.42 Å². The maximum absolute atomic E-state index is 12.1. The van der Waals surface area contributed by atoms with E-state index in [0.717, 1.165) is 75.9 Å². The van der Waals surface area contributed by atoms with Crippen molar-refractivity contribution in [3.8, 4) is 0 Å². The van der Waals surface area contributed by atoms with Gasteiger partial charge >= 0.3 is 0 Å². The molecule has 0 aliphatic carbocycles. The van der Waals surface area contributed by atoms with Gasteiger partial charge in [0.2, 0.25) is 5.91 Å². The van der Waals surface area contributed by atoms with Crippen LogP contribution in [0.3, 0.4) is 0 Å². The van der Waals surface area contributed by atoms with Crippen LogP contribution in [0.25, 0.3) is 0 Å². The Morgan fingerprint density at radius 2 is 1.97 bits per heavy atom. The lowest BCUT2D eigenvalue weighted by atomic mass is 10.2. The number of aliphatic imine (C=N–C) groups is 1. The maximum Gasteiger partial charge on any atom is 0.222 e. The first-order chi connectivity index (χ1) is 14.2. The number of hydrogen-bond acceptors (Lipinski definition) is 4. The van der Waals surface area contributed by atoms with Gasteiger partial charge in [-0.3, -0.25) is 4.79 Å². The van der Waals surface area contributed by atoms with Gasteiger partial charge in [0.1, 0.15) is 5.82 Å². The SMILES string of the molecule is CCNC(=NCc1ccc(N(CC)CC)nc1)NCCCN1CCCCCC1=O.I. The molecule has 30 heavy (non-hydrogen) atoms. The van der Waals surface area contributed by atoms with E-state index >= 15 is 0 Å². The van der Waals surface area contributed by atoms with Crippen molar-refractivity contribution in [2.75, 3.05) is 44.2 Å². The number of hydrogen-bond donors (Lipinski definition) is 2. The van der Waals surface area contributed by atoms with Gasteiger partial charge in [0.15, 0.2) is 5.96 Å². The molecule has 2 rings (SSSR count).